The van der Waals surface area contributed by atoms with Crippen molar-refractivity contribution in [3.8, 4) is 0 Å². The molecule has 12 rings (SSSR count). The number of aliphatic hydroxyl groups excluding tert-OH is 2. The molecular weight excluding hydrogens is 1300 g/mol. The number of carboxylic acid groups (broad SMARTS) is 1. The monoisotopic (exact) mass is 1380 g/mol. The highest BCUT2D eigenvalue weighted by molar-refractivity contribution is 8.18. The van der Waals surface area contributed by atoms with Crippen molar-refractivity contribution in [1.82, 2.24) is 39.6 Å². The van der Waals surface area contributed by atoms with E-state index in [0.29, 0.717) is 74.8 Å². The van der Waals surface area contributed by atoms with Crippen molar-refractivity contribution in [3.63, 3.8) is 0 Å². The minimum absolute atomic E-state index is 0.00250. The number of likely N-dealkylation sites (tertiary alicyclic amines) is 2. The van der Waals surface area contributed by atoms with E-state index in [1.54, 1.807) is 4.90 Å². The number of carboxylic acids is 1. The molecule has 0 unspecified atom stereocenters. The summed E-state index contributed by atoms with van der Waals surface area (Å²) < 4.78 is 0. The van der Waals surface area contributed by atoms with Gasteiger partial charge in [0, 0.05) is 108 Å². The summed E-state index contributed by atoms with van der Waals surface area (Å²) in [7, 11) is 0. The molecule has 8 aliphatic rings. The van der Waals surface area contributed by atoms with Gasteiger partial charge in [0.05, 0.1) is 25.3 Å². The number of nitrogens with zero attached hydrogens (tertiary/aromatic N) is 9. The average Bonchev–Trinajstić information content (AvgIpc) is 1.57. The number of β-amino-alcohol motifs (C(OH)–C–C–N with tert-alkyl or cyclic N) is 2. The van der Waals surface area contributed by atoms with Crippen LogP contribution in [0, 0.1) is 11.8 Å². The van der Waals surface area contributed by atoms with Crippen LogP contribution in [0.4, 0.5) is 0 Å². The van der Waals surface area contributed by atoms with Crippen LogP contribution in [-0.2, 0) is 30.3 Å². The zero-order chi connectivity index (χ0) is 67.0. The maximum Gasteiger partial charge on any atom is 0.326 e. The van der Waals surface area contributed by atoms with Crippen LogP contribution >= 0.6 is 69.9 Å². The summed E-state index contributed by atoms with van der Waals surface area (Å²) in [6, 6.07) is 30.0. The van der Waals surface area contributed by atoms with E-state index in [2.05, 4.69) is 87.2 Å². The highest BCUT2D eigenvalue weighted by atomic mass is 35.5. The third kappa shape index (κ3) is 14.3. The first-order valence-corrected chi connectivity index (χ1v) is 35.7. The van der Waals surface area contributed by atoms with E-state index in [4.69, 9.17) is 61.5 Å². The highest BCUT2D eigenvalue weighted by Gasteiger charge is 2.57. The zero-order valence-corrected chi connectivity index (χ0v) is 59.4. The van der Waals surface area contributed by atoms with Crippen molar-refractivity contribution in [2.24, 2.45) is 21.8 Å². The first-order valence-electron chi connectivity index (χ1n) is 32.5. The van der Waals surface area contributed by atoms with Crippen LogP contribution < -0.4 is 5.32 Å². The van der Waals surface area contributed by atoms with Crippen LogP contribution in [0.2, 0.25) is 20.1 Å². The summed E-state index contributed by atoms with van der Waals surface area (Å²) in [4.78, 5) is 80.6. The third-order valence-electron chi connectivity index (χ3n) is 19.6. The van der Waals surface area contributed by atoms with Crippen molar-refractivity contribution < 1.29 is 34.5 Å². The number of nitrogens with one attached hydrogen (secondary N) is 1. The van der Waals surface area contributed by atoms with Crippen molar-refractivity contribution >= 4 is 104 Å². The number of thioether (sulfide) groups is 2. The Hall–Kier alpha value is -5.16. The Morgan fingerprint density at radius 3 is 1.34 bits per heavy atom. The molecule has 4 saturated heterocycles. The molecule has 93 heavy (non-hydrogen) atoms. The normalized spacial score (nSPS) is 28.0. The summed E-state index contributed by atoms with van der Waals surface area (Å²) in [5.74, 6) is -1.23. The number of rotatable bonds is 14. The number of amidine groups is 2. The second-order valence-corrected chi connectivity index (χ2v) is 30.2. The molecule has 0 saturated carbocycles. The Balaban J connectivity index is 0.000000180. The van der Waals surface area contributed by atoms with Gasteiger partial charge in [-0.05, 0) is 173 Å². The smallest absolute Gasteiger partial charge is 0.326 e. The number of benzene rings is 4. The minimum atomic E-state index is -0.959. The van der Waals surface area contributed by atoms with Crippen molar-refractivity contribution in [3.05, 3.63) is 161 Å². The number of fused-ring (bicyclic) bond motifs is 2. The van der Waals surface area contributed by atoms with Crippen molar-refractivity contribution in [2.45, 2.75) is 154 Å². The van der Waals surface area contributed by atoms with Gasteiger partial charge in [-0.1, -0.05) is 123 Å². The van der Waals surface area contributed by atoms with Crippen LogP contribution in [-0.4, -0.2) is 185 Å². The van der Waals surface area contributed by atoms with E-state index < -0.39 is 29.1 Å². The number of aliphatic hydroxyl groups is 2. The number of hydrogen-bond donors (Lipinski definition) is 4. The number of halogens is 4. The standard InChI is InChI=1S/C35H43Cl2N5O3S.C28H29Cl2N3O3S.C7H16N2O/c1-21(2)29-30(33(45)41-22(3)6-15-28(41)32(44)40-17-16-39(18-19-43)23(4)20-40)46-34-38-35(5,25-9-13-27(37)14-10-25)31(42(29)34)24-7-11-26(36)12-8-24;1-15(2)22-23(25(34)32-16(3)5-14-21(32)26(35)36)37-27-31-28(4,18-8-12-20(30)13-9-18)24(33(22)27)17-6-10-19(29)11-7-17;1-7-6-8-2-3-9(7)4-5-10/h7-14,21-23,28,31,43H,6,15-20H2,1-5H3;6-13,15-16,21,24H,5,14H2,1-4H3,(H,35,36);7-8,10H,2-6H2,1H3/t22-,23+,28+,31-,35+;16-,21+,24-,28+;7-/m110/s1. The maximum atomic E-state index is 14.7. The van der Waals surface area contributed by atoms with Crippen LogP contribution in [0.5, 0.6) is 0 Å². The molecule has 0 aliphatic carbocycles. The van der Waals surface area contributed by atoms with Gasteiger partial charge in [-0.25, -0.2) is 14.8 Å². The number of aliphatic imine (C=N–C) groups is 2. The lowest BCUT2D eigenvalue weighted by Gasteiger charge is -2.41. The molecule has 23 heteroatoms. The van der Waals surface area contributed by atoms with E-state index >= 15 is 0 Å². The van der Waals surface area contributed by atoms with Gasteiger partial charge in [-0.2, -0.15) is 0 Å². The van der Waals surface area contributed by atoms with Gasteiger partial charge in [0.25, 0.3) is 11.8 Å². The predicted molar refractivity (Wildman–Crippen MR) is 375 cm³/mol. The molecule has 0 spiro atoms. The van der Waals surface area contributed by atoms with E-state index in [-0.39, 0.29) is 73.0 Å². The summed E-state index contributed by atoms with van der Waals surface area (Å²) in [5.41, 5.74) is 4.61. The first kappa shape index (κ1) is 70.6. The Bertz CT molecular complexity index is 3520. The van der Waals surface area contributed by atoms with Crippen molar-refractivity contribution in [2.75, 3.05) is 65.6 Å². The number of carbonyl (C=O) groups is 4. The van der Waals surface area contributed by atoms with E-state index in [0.717, 1.165) is 83.1 Å². The van der Waals surface area contributed by atoms with E-state index in [1.807, 2.05) is 114 Å². The van der Waals surface area contributed by atoms with E-state index in [1.165, 1.54) is 23.5 Å². The molecule has 4 fully saturated rings. The van der Waals surface area contributed by atoms with Gasteiger partial charge < -0.3 is 45.1 Å². The first-order chi connectivity index (χ1) is 44.3. The Kier molecular flexibility index (Phi) is 22.5. The molecule has 4 N–H and O–H groups in total. The van der Waals surface area contributed by atoms with Crippen LogP contribution in [0.3, 0.4) is 0 Å². The second kappa shape index (κ2) is 29.7. The van der Waals surface area contributed by atoms with Gasteiger partial charge in [-0.3, -0.25) is 24.2 Å². The van der Waals surface area contributed by atoms with Crippen LogP contribution in [0.25, 0.3) is 0 Å². The van der Waals surface area contributed by atoms with Gasteiger partial charge >= 0.3 is 5.97 Å². The quantitative estimate of drug-likeness (QED) is 0.0933. The SMILES string of the molecule is CC(C)C1=C(C(=O)N2[C@H](C)CC[C@H]2C(=O)N2CCN(CCO)[C@@H](C)C2)SC2=N[C@@](C)(c3ccc(Cl)cc3)[C@@H](c3ccc(Cl)cc3)N21.CC(C)C1=C(C(=O)N2[C@H](C)CC[C@H]2C(=O)O)SC2=N[C@@](C)(c3ccc(Cl)cc3)[C@@H](c3ccc(Cl)cc3)N21.C[C@H]1CNCCN1CCO. The van der Waals surface area contributed by atoms with Gasteiger partial charge in [0.2, 0.25) is 5.91 Å². The number of hydrogen-bond acceptors (Lipinski definition) is 15. The molecule has 0 aromatic heterocycles. The fourth-order valence-electron chi connectivity index (χ4n) is 14.7. The zero-order valence-electron chi connectivity index (χ0n) is 54.7. The summed E-state index contributed by atoms with van der Waals surface area (Å²) in [6.07, 6.45) is 2.57. The molecule has 17 nitrogen and oxygen atoms in total. The molecule has 0 radical (unpaired) electrons. The minimum Gasteiger partial charge on any atom is -0.480 e. The molecule has 4 aromatic rings. The number of amides is 3. The summed E-state index contributed by atoms with van der Waals surface area (Å²) in [6.45, 7) is 27.7. The van der Waals surface area contributed by atoms with Crippen LogP contribution in [0.15, 0.2) is 128 Å². The Morgan fingerprint density at radius 2 is 0.957 bits per heavy atom. The molecule has 4 aromatic carbocycles. The average molecular weight is 1390 g/mol. The number of piperazine rings is 2. The van der Waals surface area contributed by atoms with E-state index in [9.17, 15) is 29.4 Å². The Labute approximate surface area is 576 Å². The molecule has 8 heterocycles. The number of carbonyl (C=O) groups excluding carboxylic acids is 3. The highest BCUT2D eigenvalue weighted by Crippen LogP contribution is 2.59. The molecular formula is C70H88Cl4N10O7S2. The lowest BCUT2D eigenvalue weighted by atomic mass is 9.81. The second-order valence-electron chi connectivity index (χ2n) is 26.5. The summed E-state index contributed by atoms with van der Waals surface area (Å²) >= 11 is 27.8. The third-order valence-corrected chi connectivity index (χ3v) is 22.7. The summed E-state index contributed by atoms with van der Waals surface area (Å²) in [5, 5.41) is 35.3. The largest absolute Gasteiger partial charge is 0.480 e. The van der Waals surface area contributed by atoms with Crippen molar-refractivity contribution in [1.29, 1.82) is 0 Å². The van der Waals surface area contributed by atoms with Gasteiger partial charge in [-0.15, -0.1) is 0 Å². The topological polar surface area (TPSA) is 188 Å². The lowest BCUT2D eigenvalue weighted by Crippen LogP contribution is -2.58. The molecule has 500 valence electrons. The maximum absolute atomic E-state index is 14.7. The van der Waals surface area contributed by atoms with Crippen LogP contribution in [0.1, 0.15) is 129 Å². The predicted octanol–water partition coefficient (Wildman–Crippen LogP) is 12.1. The molecule has 8 aliphatic heterocycles. The fourth-order valence-corrected chi connectivity index (χ4v) is 17.9. The van der Waals surface area contributed by atoms with Gasteiger partial charge in [0.1, 0.15) is 33.0 Å². The molecule has 3 amide bonds. The van der Waals surface area contributed by atoms with Gasteiger partial charge in [0.15, 0.2) is 10.3 Å². The fraction of sp³-hybridized carbons (Fsp3) is 0.514. The molecule has 0 bridgehead atoms. The Morgan fingerprint density at radius 1 is 0.559 bits per heavy atom. The number of aliphatic carboxylic acids is 1. The molecule has 10 atom stereocenters. The number of allylic oxidation sites excluding steroid dienone is 2. The lowest BCUT2D eigenvalue weighted by molar-refractivity contribution is -0.147.